The molecule has 1 saturated heterocycles. The molecule has 1 heterocycles. The van der Waals surface area contributed by atoms with Gasteiger partial charge in [0.25, 0.3) is 0 Å². The number of nitrogens with zero attached hydrogens (tertiary/aromatic N) is 1. The third kappa shape index (κ3) is 5.09. The Morgan fingerprint density at radius 2 is 1.62 bits per heavy atom. The van der Waals surface area contributed by atoms with Crippen LogP contribution in [0.15, 0.2) is 29.2 Å². The summed E-state index contributed by atoms with van der Waals surface area (Å²) in [5.41, 5.74) is 1.18. The Hall–Kier alpha value is -0.910. The van der Waals surface area contributed by atoms with E-state index in [4.69, 9.17) is 0 Å². The predicted octanol–water partition coefficient (Wildman–Crippen LogP) is 1.77. The number of hydrogen-bond acceptors (Lipinski definition) is 4. The summed E-state index contributed by atoms with van der Waals surface area (Å²) in [6, 6.07) is 7.29. The predicted molar refractivity (Wildman–Crippen MR) is 86.0 cm³/mol. The van der Waals surface area contributed by atoms with Gasteiger partial charge in [-0.3, -0.25) is 4.90 Å². The van der Waals surface area contributed by atoms with E-state index in [0.29, 0.717) is 16.7 Å². The third-order valence-corrected chi connectivity index (χ3v) is 5.01. The highest BCUT2D eigenvalue weighted by molar-refractivity contribution is 7.90. The van der Waals surface area contributed by atoms with E-state index in [2.05, 4.69) is 24.1 Å². The fourth-order valence-corrected chi connectivity index (χ4v) is 3.52. The van der Waals surface area contributed by atoms with Gasteiger partial charge in [0.2, 0.25) is 0 Å². The minimum Gasteiger partial charge on any atom is -0.316 e. The van der Waals surface area contributed by atoms with Crippen LogP contribution >= 0.6 is 0 Å². The lowest BCUT2D eigenvalue weighted by Crippen LogP contribution is -2.42. The minimum absolute atomic E-state index is 0.393. The second-order valence-corrected chi connectivity index (χ2v) is 8.49. The standard InChI is InChI=1S/C16H26N2O2S/c1-13-8-17-9-14(2)11-18(10-13)12-15-4-6-16(7-5-15)21(3,19)20/h4-7,13-14,17H,8-12H2,1-3H3. The molecule has 1 aromatic rings. The summed E-state index contributed by atoms with van der Waals surface area (Å²) >= 11 is 0. The van der Waals surface area contributed by atoms with E-state index in [1.807, 2.05) is 12.1 Å². The Bertz CT molecular complexity index is 542. The summed E-state index contributed by atoms with van der Waals surface area (Å²) in [6.07, 6.45) is 1.25. The zero-order valence-corrected chi connectivity index (χ0v) is 14.0. The zero-order chi connectivity index (χ0) is 15.5. The van der Waals surface area contributed by atoms with Gasteiger partial charge in [0.1, 0.15) is 0 Å². The van der Waals surface area contributed by atoms with E-state index >= 15 is 0 Å². The Morgan fingerprint density at radius 1 is 1.10 bits per heavy atom. The van der Waals surface area contributed by atoms with Crippen molar-refractivity contribution in [3.63, 3.8) is 0 Å². The van der Waals surface area contributed by atoms with Crippen LogP contribution in [0.1, 0.15) is 19.4 Å². The van der Waals surface area contributed by atoms with Gasteiger partial charge in [-0.1, -0.05) is 26.0 Å². The first kappa shape index (κ1) is 16.5. The Kier molecular flexibility index (Phi) is 5.41. The van der Waals surface area contributed by atoms with E-state index < -0.39 is 9.84 Å². The van der Waals surface area contributed by atoms with Gasteiger partial charge in [-0.15, -0.1) is 0 Å². The van der Waals surface area contributed by atoms with Gasteiger partial charge >= 0.3 is 0 Å². The maximum atomic E-state index is 11.5. The van der Waals surface area contributed by atoms with Crippen LogP contribution in [0, 0.1) is 11.8 Å². The molecule has 2 rings (SSSR count). The molecule has 1 aliphatic heterocycles. The Balaban J connectivity index is 2.05. The molecule has 118 valence electrons. The lowest BCUT2D eigenvalue weighted by molar-refractivity contribution is 0.178. The molecular weight excluding hydrogens is 284 g/mol. The van der Waals surface area contributed by atoms with Gasteiger partial charge in [-0.05, 0) is 42.6 Å². The lowest BCUT2D eigenvalue weighted by Gasteiger charge is -2.31. The van der Waals surface area contributed by atoms with Crippen LogP contribution < -0.4 is 5.32 Å². The maximum Gasteiger partial charge on any atom is 0.175 e. The first-order valence-corrected chi connectivity index (χ1v) is 9.46. The molecule has 0 bridgehead atoms. The summed E-state index contributed by atoms with van der Waals surface area (Å²) in [7, 11) is -3.10. The quantitative estimate of drug-likeness (QED) is 0.924. The third-order valence-electron chi connectivity index (χ3n) is 3.88. The molecule has 1 fully saturated rings. The first-order chi connectivity index (χ1) is 9.84. The molecule has 0 radical (unpaired) electrons. The van der Waals surface area contributed by atoms with Crippen molar-refractivity contribution in [3.8, 4) is 0 Å². The number of benzene rings is 1. The fourth-order valence-electron chi connectivity index (χ4n) is 2.89. The monoisotopic (exact) mass is 310 g/mol. The molecule has 2 atom stereocenters. The van der Waals surface area contributed by atoms with Crippen molar-refractivity contribution in [3.05, 3.63) is 29.8 Å². The molecular formula is C16H26N2O2S. The molecule has 0 saturated carbocycles. The van der Waals surface area contributed by atoms with Gasteiger partial charge in [0.05, 0.1) is 4.90 Å². The molecule has 5 heteroatoms. The fraction of sp³-hybridized carbons (Fsp3) is 0.625. The highest BCUT2D eigenvalue weighted by Crippen LogP contribution is 2.15. The molecule has 21 heavy (non-hydrogen) atoms. The zero-order valence-electron chi connectivity index (χ0n) is 13.2. The smallest absolute Gasteiger partial charge is 0.175 e. The molecule has 0 spiro atoms. The van der Waals surface area contributed by atoms with Crippen LogP contribution in [0.2, 0.25) is 0 Å². The number of rotatable bonds is 3. The van der Waals surface area contributed by atoms with Crippen molar-refractivity contribution < 1.29 is 8.42 Å². The maximum absolute atomic E-state index is 11.5. The van der Waals surface area contributed by atoms with Crippen molar-refractivity contribution >= 4 is 9.84 Å². The van der Waals surface area contributed by atoms with Crippen LogP contribution in [-0.2, 0) is 16.4 Å². The second-order valence-electron chi connectivity index (χ2n) is 6.48. The van der Waals surface area contributed by atoms with E-state index in [1.54, 1.807) is 12.1 Å². The van der Waals surface area contributed by atoms with E-state index in [9.17, 15) is 8.42 Å². The van der Waals surface area contributed by atoms with Gasteiger partial charge in [-0.2, -0.15) is 0 Å². The summed E-state index contributed by atoms with van der Waals surface area (Å²) in [4.78, 5) is 2.87. The van der Waals surface area contributed by atoms with Gasteiger partial charge in [0.15, 0.2) is 9.84 Å². The largest absolute Gasteiger partial charge is 0.316 e. The lowest BCUT2D eigenvalue weighted by atomic mass is 10.0. The average molecular weight is 310 g/mol. The molecule has 2 unspecified atom stereocenters. The van der Waals surface area contributed by atoms with Crippen LogP contribution in [0.25, 0.3) is 0 Å². The SMILES string of the molecule is CC1CNCC(C)CN(Cc2ccc(S(C)(=O)=O)cc2)C1. The summed E-state index contributed by atoms with van der Waals surface area (Å²) in [6.45, 7) is 9.70. The first-order valence-electron chi connectivity index (χ1n) is 7.56. The van der Waals surface area contributed by atoms with Crippen LogP contribution in [0.5, 0.6) is 0 Å². The number of nitrogens with one attached hydrogen (secondary N) is 1. The average Bonchev–Trinajstić information content (AvgIpc) is 2.36. The summed E-state index contributed by atoms with van der Waals surface area (Å²) in [5.74, 6) is 1.26. The Morgan fingerprint density at radius 3 is 2.10 bits per heavy atom. The molecule has 0 amide bonds. The Labute approximate surface area is 128 Å². The van der Waals surface area contributed by atoms with E-state index in [-0.39, 0.29) is 0 Å². The molecule has 4 nitrogen and oxygen atoms in total. The topological polar surface area (TPSA) is 49.4 Å². The highest BCUT2D eigenvalue weighted by atomic mass is 32.2. The van der Waals surface area contributed by atoms with E-state index in [1.165, 1.54) is 11.8 Å². The second kappa shape index (κ2) is 6.90. The highest BCUT2D eigenvalue weighted by Gasteiger charge is 2.17. The summed E-state index contributed by atoms with van der Waals surface area (Å²) < 4.78 is 23.0. The van der Waals surface area contributed by atoms with Crippen molar-refractivity contribution in [2.24, 2.45) is 11.8 Å². The van der Waals surface area contributed by atoms with Gasteiger partial charge in [0, 0.05) is 25.9 Å². The normalized spacial score (nSPS) is 25.3. The molecule has 1 aliphatic rings. The molecule has 0 aromatic heterocycles. The minimum atomic E-state index is -3.10. The molecule has 1 N–H and O–H groups in total. The molecule has 1 aromatic carbocycles. The molecule has 0 aliphatic carbocycles. The van der Waals surface area contributed by atoms with Crippen LogP contribution in [0.3, 0.4) is 0 Å². The van der Waals surface area contributed by atoms with Crippen molar-refractivity contribution in [1.29, 1.82) is 0 Å². The van der Waals surface area contributed by atoms with E-state index in [0.717, 1.165) is 32.7 Å². The van der Waals surface area contributed by atoms with Crippen molar-refractivity contribution in [1.82, 2.24) is 10.2 Å². The van der Waals surface area contributed by atoms with Gasteiger partial charge in [-0.25, -0.2) is 8.42 Å². The van der Waals surface area contributed by atoms with Crippen LogP contribution in [0.4, 0.5) is 0 Å². The van der Waals surface area contributed by atoms with Crippen LogP contribution in [-0.4, -0.2) is 45.8 Å². The van der Waals surface area contributed by atoms with Crippen molar-refractivity contribution in [2.75, 3.05) is 32.4 Å². The number of sulfone groups is 1. The number of hydrogen-bond donors (Lipinski definition) is 1. The van der Waals surface area contributed by atoms with Gasteiger partial charge < -0.3 is 5.32 Å². The van der Waals surface area contributed by atoms with Crippen molar-refractivity contribution in [2.45, 2.75) is 25.3 Å². The summed E-state index contributed by atoms with van der Waals surface area (Å²) in [5, 5.41) is 3.50.